The lowest BCUT2D eigenvalue weighted by Crippen LogP contribution is -2.39. The highest BCUT2D eigenvalue weighted by molar-refractivity contribution is 6.04. The van der Waals surface area contributed by atoms with E-state index in [1.165, 1.54) is 6.92 Å². The van der Waals surface area contributed by atoms with Crippen molar-refractivity contribution in [2.75, 3.05) is 0 Å². The van der Waals surface area contributed by atoms with Crippen LogP contribution in [0.2, 0.25) is 0 Å². The zero-order valence-electron chi connectivity index (χ0n) is 11.5. The molecule has 3 rings (SSSR count). The molecule has 0 spiro atoms. The number of fused-ring (bicyclic) bond motifs is 1. The second-order valence-electron chi connectivity index (χ2n) is 4.84. The van der Waals surface area contributed by atoms with Crippen LogP contribution in [0.1, 0.15) is 28.9 Å². The van der Waals surface area contributed by atoms with Crippen molar-refractivity contribution in [2.45, 2.75) is 19.1 Å². The predicted molar refractivity (Wildman–Crippen MR) is 76.1 cm³/mol. The number of carbonyl (C=O) groups excluding carboxylic acids is 2. The number of esters is 1. The third kappa shape index (κ3) is 2.52. The molecule has 21 heavy (non-hydrogen) atoms. The van der Waals surface area contributed by atoms with Crippen molar-refractivity contribution in [3.05, 3.63) is 65.7 Å². The van der Waals surface area contributed by atoms with Gasteiger partial charge < -0.3 is 9.47 Å². The van der Waals surface area contributed by atoms with Gasteiger partial charge in [-0.25, -0.2) is 0 Å². The van der Waals surface area contributed by atoms with Crippen LogP contribution >= 0.6 is 0 Å². The lowest BCUT2D eigenvalue weighted by atomic mass is 9.93. The van der Waals surface area contributed by atoms with E-state index in [0.29, 0.717) is 11.3 Å². The summed E-state index contributed by atoms with van der Waals surface area (Å²) in [6.45, 7) is 1.29. The summed E-state index contributed by atoms with van der Waals surface area (Å²) in [7, 11) is 0. The Kier molecular flexibility index (Phi) is 3.44. The molecule has 0 amide bonds. The van der Waals surface area contributed by atoms with Gasteiger partial charge in [0.15, 0.2) is 6.10 Å². The second kappa shape index (κ2) is 5.40. The maximum atomic E-state index is 12.6. The van der Waals surface area contributed by atoms with Gasteiger partial charge in [0.05, 0.1) is 5.56 Å². The van der Waals surface area contributed by atoms with Crippen LogP contribution in [0.4, 0.5) is 0 Å². The van der Waals surface area contributed by atoms with Crippen LogP contribution in [0.25, 0.3) is 0 Å². The monoisotopic (exact) mass is 282 g/mol. The molecule has 0 N–H and O–H groups in total. The molecule has 0 saturated heterocycles. The average molecular weight is 282 g/mol. The highest BCUT2D eigenvalue weighted by atomic mass is 16.6. The molecule has 2 unspecified atom stereocenters. The zero-order chi connectivity index (χ0) is 14.8. The smallest absolute Gasteiger partial charge is 0.303 e. The van der Waals surface area contributed by atoms with E-state index in [0.717, 1.165) is 5.56 Å². The topological polar surface area (TPSA) is 52.6 Å². The number of para-hydroxylation sites is 1. The molecule has 4 heteroatoms. The van der Waals surface area contributed by atoms with Gasteiger partial charge >= 0.3 is 5.97 Å². The number of ketones is 1. The Morgan fingerprint density at radius 1 is 1.05 bits per heavy atom. The van der Waals surface area contributed by atoms with E-state index in [1.54, 1.807) is 24.3 Å². The Labute approximate surface area is 122 Å². The Hall–Kier alpha value is -2.62. The van der Waals surface area contributed by atoms with E-state index in [4.69, 9.17) is 9.47 Å². The molecule has 2 aromatic carbocycles. The van der Waals surface area contributed by atoms with Crippen LogP contribution in [-0.2, 0) is 9.53 Å². The Morgan fingerprint density at radius 3 is 2.43 bits per heavy atom. The van der Waals surface area contributed by atoms with Crippen LogP contribution in [0.3, 0.4) is 0 Å². The molecular weight excluding hydrogens is 268 g/mol. The summed E-state index contributed by atoms with van der Waals surface area (Å²) in [5, 5.41) is 0. The highest BCUT2D eigenvalue weighted by Crippen LogP contribution is 2.36. The molecule has 0 aromatic heterocycles. The van der Waals surface area contributed by atoms with Crippen LogP contribution in [0.5, 0.6) is 5.75 Å². The summed E-state index contributed by atoms with van der Waals surface area (Å²) in [4.78, 5) is 23.9. The molecule has 0 fully saturated rings. The van der Waals surface area contributed by atoms with Gasteiger partial charge in [0.1, 0.15) is 5.75 Å². The standard InChI is InChI=1S/C17H14O4/c1-11(18)20-17-15(19)13-9-5-6-10-14(13)21-16(17)12-7-3-2-4-8-12/h2-10,16-17H,1H3. The minimum absolute atomic E-state index is 0.235. The summed E-state index contributed by atoms with van der Waals surface area (Å²) >= 11 is 0. The van der Waals surface area contributed by atoms with Gasteiger partial charge in [-0.15, -0.1) is 0 Å². The number of hydrogen-bond donors (Lipinski definition) is 0. The number of benzene rings is 2. The zero-order valence-corrected chi connectivity index (χ0v) is 11.5. The molecule has 2 atom stereocenters. The molecule has 106 valence electrons. The summed E-state index contributed by atoms with van der Waals surface area (Å²) in [5.41, 5.74) is 1.24. The van der Waals surface area contributed by atoms with E-state index < -0.39 is 18.2 Å². The van der Waals surface area contributed by atoms with Crippen LogP contribution in [0, 0.1) is 0 Å². The minimum atomic E-state index is -0.959. The molecule has 0 saturated carbocycles. The van der Waals surface area contributed by atoms with E-state index in [1.807, 2.05) is 30.3 Å². The Morgan fingerprint density at radius 2 is 1.71 bits per heavy atom. The highest BCUT2D eigenvalue weighted by Gasteiger charge is 2.40. The molecule has 4 nitrogen and oxygen atoms in total. The van der Waals surface area contributed by atoms with Gasteiger partial charge in [-0.1, -0.05) is 42.5 Å². The van der Waals surface area contributed by atoms with Crippen LogP contribution < -0.4 is 4.74 Å². The maximum Gasteiger partial charge on any atom is 0.303 e. The van der Waals surface area contributed by atoms with Crippen LogP contribution in [0.15, 0.2) is 54.6 Å². The summed E-state index contributed by atoms with van der Waals surface area (Å²) in [6, 6.07) is 16.3. The minimum Gasteiger partial charge on any atom is -0.481 e. The molecule has 0 aliphatic carbocycles. The van der Waals surface area contributed by atoms with Crippen molar-refractivity contribution in [2.24, 2.45) is 0 Å². The van der Waals surface area contributed by atoms with E-state index in [9.17, 15) is 9.59 Å². The molecule has 1 heterocycles. The third-order valence-electron chi connectivity index (χ3n) is 3.36. The normalized spacial score (nSPS) is 20.3. The largest absolute Gasteiger partial charge is 0.481 e. The molecule has 1 aliphatic rings. The van der Waals surface area contributed by atoms with Crippen molar-refractivity contribution < 1.29 is 19.1 Å². The van der Waals surface area contributed by atoms with Crippen molar-refractivity contribution in [1.82, 2.24) is 0 Å². The average Bonchev–Trinajstić information content (AvgIpc) is 2.50. The first kappa shape index (κ1) is 13.4. The second-order valence-corrected chi connectivity index (χ2v) is 4.84. The number of carbonyl (C=O) groups is 2. The fourth-order valence-corrected chi connectivity index (χ4v) is 2.44. The quantitative estimate of drug-likeness (QED) is 0.795. The van der Waals surface area contributed by atoms with E-state index in [2.05, 4.69) is 0 Å². The van der Waals surface area contributed by atoms with Gasteiger partial charge in [-0.3, -0.25) is 9.59 Å². The lowest BCUT2D eigenvalue weighted by molar-refractivity contribution is -0.148. The molecular formula is C17H14O4. The summed E-state index contributed by atoms with van der Waals surface area (Å²) < 4.78 is 11.1. The van der Waals surface area contributed by atoms with Gasteiger partial charge in [-0.2, -0.15) is 0 Å². The van der Waals surface area contributed by atoms with E-state index in [-0.39, 0.29) is 5.78 Å². The van der Waals surface area contributed by atoms with Crippen molar-refractivity contribution in [3.8, 4) is 5.75 Å². The first-order chi connectivity index (χ1) is 10.2. The molecule has 1 aliphatic heterocycles. The fraction of sp³-hybridized carbons (Fsp3) is 0.176. The van der Waals surface area contributed by atoms with Gasteiger partial charge in [0, 0.05) is 6.92 Å². The van der Waals surface area contributed by atoms with Gasteiger partial charge in [0.25, 0.3) is 0 Å². The maximum absolute atomic E-state index is 12.6. The predicted octanol–water partition coefficient (Wildman–Crippen LogP) is 2.93. The molecule has 0 radical (unpaired) electrons. The van der Waals surface area contributed by atoms with E-state index >= 15 is 0 Å². The summed E-state index contributed by atoms with van der Waals surface area (Å²) in [5.74, 6) is -0.224. The first-order valence-corrected chi connectivity index (χ1v) is 6.69. The molecule has 0 bridgehead atoms. The Balaban J connectivity index is 2.05. The van der Waals surface area contributed by atoms with Gasteiger partial charge in [0.2, 0.25) is 11.9 Å². The number of rotatable bonds is 2. The van der Waals surface area contributed by atoms with Crippen molar-refractivity contribution in [1.29, 1.82) is 0 Å². The van der Waals surface area contributed by atoms with Crippen molar-refractivity contribution >= 4 is 11.8 Å². The summed E-state index contributed by atoms with van der Waals surface area (Å²) in [6.07, 6.45) is -1.59. The SMILES string of the molecule is CC(=O)OC1C(=O)c2ccccc2OC1c1ccccc1. The number of Topliss-reactive ketones (excluding diaryl/α,β-unsaturated/α-hetero) is 1. The number of hydrogen-bond acceptors (Lipinski definition) is 4. The van der Waals surface area contributed by atoms with Gasteiger partial charge in [-0.05, 0) is 17.7 Å². The molecule has 2 aromatic rings. The number of ether oxygens (including phenoxy) is 2. The van der Waals surface area contributed by atoms with Crippen LogP contribution in [-0.4, -0.2) is 17.9 Å². The van der Waals surface area contributed by atoms with Crippen molar-refractivity contribution in [3.63, 3.8) is 0 Å². The lowest BCUT2D eigenvalue weighted by Gasteiger charge is -2.32. The first-order valence-electron chi connectivity index (χ1n) is 6.69. The fourth-order valence-electron chi connectivity index (χ4n) is 2.44. The Bertz CT molecular complexity index is 678. The third-order valence-corrected chi connectivity index (χ3v) is 3.36.